The Bertz CT molecular complexity index is 781. The van der Waals surface area contributed by atoms with Crippen LogP contribution in [0.5, 0.6) is 0 Å². The summed E-state index contributed by atoms with van der Waals surface area (Å²) in [5.74, 6) is -0.108. The molecule has 4 nitrogen and oxygen atoms in total. The lowest BCUT2D eigenvalue weighted by Crippen LogP contribution is -2.15. The number of rotatable bonds is 3. The standard InChI is InChI=1S/C16H14ClN3O.ClH/c1-11-13(17)5-4-6-14(11)19-16(21)9-12-10-20-8-3-2-7-15(20)18-12;/h2-8,10H,9H2,1H3,(H,19,21);1H. The molecule has 0 saturated carbocycles. The van der Waals surface area contributed by atoms with Gasteiger partial charge in [0.25, 0.3) is 0 Å². The summed E-state index contributed by atoms with van der Waals surface area (Å²) in [7, 11) is 0. The summed E-state index contributed by atoms with van der Waals surface area (Å²) in [4.78, 5) is 16.5. The van der Waals surface area contributed by atoms with E-state index in [9.17, 15) is 4.79 Å². The fourth-order valence-electron chi connectivity index (χ4n) is 2.17. The molecule has 0 aliphatic carbocycles. The SMILES string of the molecule is Cc1c(Cl)cccc1NC(=O)Cc1cn2ccccc2n1.Cl. The van der Waals surface area contributed by atoms with Crippen molar-refractivity contribution < 1.29 is 4.79 Å². The van der Waals surface area contributed by atoms with Gasteiger partial charge in [0.15, 0.2) is 0 Å². The van der Waals surface area contributed by atoms with Gasteiger partial charge in [-0.1, -0.05) is 23.7 Å². The maximum absolute atomic E-state index is 12.1. The highest BCUT2D eigenvalue weighted by Gasteiger charge is 2.10. The van der Waals surface area contributed by atoms with Gasteiger partial charge in [0.2, 0.25) is 5.91 Å². The average Bonchev–Trinajstić information content (AvgIpc) is 2.86. The summed E-state index contributed by atoms with van der Waals surface area (Å²) < 4.78 is 1.90. The summed E-state index contributed by atoms with van der Waals surface area (Å²) in [6.45, 7) is 1.88. The Morgan fingerprint density at radius 2 is 2.09 bits per heavy atom. The van der Waals surface area contributed by atoms with Gasteiger partial charge in [-0.3, -0.25) is 4.79 Å². The van der Waals surface area contributed by atoms with Gasteiger partial charge < -0.3 is 9.72 Å². The molecule has 0 fully saturated rings. The zero-order chi connectivity index (χ0) is 14.8. The van der Waals surface area contributed by atoms with Crippen molar-refractivity contribution in [3.05, 3.63) is 65.1 Å². The zero-order valence-corrected chi connectivity index (χ0v) is 13.5. The lowest BCUT2D eigenvalue weighted by molar-refractivity contribution is -0.115. The topological polar surface area (TPSA) is 46.4 Å². The number of hydrogen-bond donors (Lipinski definition) is 1. The first-order valence-corrected chi connectivity index (χ1v) is 6.99. The molecule has 2 heterocycles. The molecule has 0 unspecified atom stereocenters. The number of hydrogen-bond acceptors (Lipinski definition) is 2. The number of nitrogens with zero attached hydrogens (tertiary/aromatic N) is 2. The van der Waals surface area contributed by atoms with Crippen molar-refractivity contribution in [3.8, 4) is 0 Å². The lowest BCUT2D eigenvalue weighted by atomic mass is 10.2. The highest BCUT2D eigenvalue weighted by atomic mass is 35.5. The average molecular weight is 336 g/mol. The summed E-state index contributed by atoms with van der Waals surface area (Å²) in [6.07, 6.45) is 4.00. The van der Waals surface area contributed by atoms with Crippen LogP contribution >= 0.6 is 24.0 Å². The van der Waals surface area contributed by atoms with Gasteiger partial charge in [0, 0.05) is 23.1 Å². The molecule has 22 heavy (non-hydrogen) atoms. The van der Waals surface area contributed by atoms with E-state index >= 15 is 0 Å². The van der Waals surface area contributed by atoms with Gasteiger partial charge in [0.1, 0.15) is 5.65 Å². The first kappa shape index (κ1) is 16.3. The number of nitrogens with one attached hydrogen (secondary N) is 1. The predicted molar refractivity (Wildman–Crippen MR) is 91.0 cm³/mol. The number of aromatic nitrogens is 2. The molecule has 3 aromatic rings. The molecule has 1 aromatic carbocycles. The number of carbonyl (C=O) groups is 1. The Morgan fingerprint density at radius 3 is 2.86 bits per heavy atom. The van der Waals surface area contributed by atoms with Crippen LogP contribution in [0, 0.1) is 6.92 Å². The molecule has 0 spiro atoms. The monoisotopic (exact) mass is 335 g/mol. The van der Waals surface area contributed by atoms with E-state index in [1.165, 1.54) is 0 Å². The number of fused-ring (bicyclic) bond motifs is 1. The molecule has 1 amide bonds. The number of imidazole rings is 1. The van der Waals surface area contributed by atoms with Crippen LogP contribution in [0.4, 0.5) is 5.69 Å². The number of carbonyl (C=O) groups excluding carboxylic acids is 1. The fourth-order valence-corrected chi connectivity index (χ4v) is 2.35. The highest BCUT2D eigenvalue weighted by Crippen LogP contribution is 2.23. The Hall–Kier alpha value is -2.04. The van der Waals surface area contributed by atoms with Crippen LogP contribution in [-0.4, -0.2) is 15.3 Å². The molecule has 0 radical (unpaired) electrons. The van der Waals surface area contributed by atoms with Crippen molar-refractivity contribution in [2.24, 2.45) is 0 Å². The maximum Gasteiger partial charge on any atom is 0.230 e. The fraction of sp³-hybridized carbons (Fsp3) is 0.125. The molecular formula is C16H15Cl2N3O. The summed E-state index contributed by atoms with van der Waals surface area (Å²) in [5, 5.41) is 3.51. The van der Waals surface area contributed by atoms with Crippen molar-refractivity contribution in [2.45, 2.75) is 13.3 Å². The second-order valence-corrected chi connectivity index (χ2v) is 5.24. The first-order valence-electron chi connectivity index (χ1n) is 6.61. The van der Waals surface area contributed by atoms with Gasteiger partial charge in [0.05, 0.1) is 12.1 Å². The van der Waals surface area contributed by atoms with Gasteiger partial charge in [-0.2, -0.15) is 0 Å². The van der Waals surface area contributed by atoms with Crippen molar-refractivity contribution in [1.82, 2.24) is 9.38 Å². The molecule has 0 aliphatic rings. The minimum Gasteiger partial charge on any atom is -0.325 e. The van der Waals surface area contributed by atoms with Gasteiger partial charge in [-0.05, 0) is 36.8 Å². The van der Waals surface area contributed by atoms with E-state index < -0.39 is 0 Å². The minimum absolute atomic E-state index is 0. The third-order valence-electron chi connectivity index (χ3n) is 3.30. The number of anilines is 1. The van der Waals surface area contributed by atoms with Gasteiger partial charge >= 0.3 is 0 Å². The van der Waals surface area contributed by atoms with E-state index in [-0.39, 0.29) is 24.7 Å². The molecule has 2 aromatic heterocycles. The number of halogens is 2. The Balaban J connectivity index is 0.00000176. The van der Waals surface area contributed by atoms with Crippen molar-refractivity contribution in [2.75, 3.05) is 5.32 Å². The molecule has 114 valence electrons. The molecule has 0 aliphatic heterocycles. The second-order valence-electron chi connectivity index (χ2n) is 4.84. The summed E-state index contributed by atoms with van der Waals surface area (Å²) in [5.41, 5.74) is 3.16. The quantitative estimate of drug-likeness (QED) is 0.788. The van der Waals surface area contributed by atoms with Crippen LogP contribution in [0.3, 0.4) is 0 Å². The van der Waals surface area contributed by atoms with Crippen LogP contribution in [0.15, 0.2) is 48.8 Å². The molecule has 3 rings (SSSR count). The predicted octanol–water partition coefficient (Wildman–Crippen LogP) is 3.90. The molecule has 6 heteroatoms. The van der Waals surface area contributed by atoms with Crippen molar-refractivity contribution in [1.29, 1.82) is 0 Å². The smallest absolute Gasteiger partial charge is 0.230 e. The molecule has 0 atom stereocenters. The second kappa shape index (κ2) is 6.81. The minimum atomic E-state index is -0.108. The Kier molecular flexibility index (Phi) is 5.06. The lowest BCUT2D eigenvalue weighted by Gasteiger charge is -2.08. The van der Waals surface area contributed by atoms with E-state index in [1.54, 1.807) is 6.07 Å². The number of benzene rings is 1. The molecule has 0 bridgehead atoms. The van der Waals surface area contributed by atoms with E-state index in [1.807, 2.05) is 54.0 Å². The van der Waals surface area contributed by atoms with Crippen LogP contribution in [0.25, 0.3) is 5.65 Å². The third kappa shape index (κ3) is 3.40. The molecule has 1 N–H and O–H groups in total. The van der Waals surface area contributed by atoms with Crippen LogP contribution in [0.2, 0.25) is 5.02 Å². The van der Waals surface area contributed by atoms with Crippen LogP contribution < -0.4 is 5.32 Å². The van der Waals surface area contributed by atoms with Crippen molar-refractivity contribution in [3.63, 3.8) is 0 Å². The van der Waals surface area contributed by atoms with E-state index in [4.69, 9.17) is 11.6 Å². The highest BCUT2D eigenvalue weighted by molar-refractivity contribution is 6.31. The van der Waals surface area contributed by atoms with Gasteiger partial charge in [-0.25, -0.2) is 4.98 Å². The Morgan fingerprint density at radius 1 is 1.27 bits per heavy atom. The van der Waals surface area contributed by atoms with Crippen LogP contribution in [0.1, 0.15) is 11.3 Å². The van der Waals surface area contributed by atoms with Crippen LogP contribution in [-0.2, 0) is 11.2 Å². The van der Waals surface area contributed by atoms with E-state index in [2.05, 4.69) is 10.3 Å². The van der Waals surface area contributed by atoms with Gasteiger partial charge in [-0.15, -0.1) is 12.4 Å². The summed E-state index contributed by atoms with van der Waals surface area (Å²) in [6, 6.07) is 11.2. The van der Waals surface area contributed by atoms with E-state index in [0.717, 1.165) is 22.6 Å². The zero-order valence-electron chi connectivity index (χ0n) is 11.9. The Labute approximate surface area is 139 Å². The third-order valence-corrected chi connectivity index (χ3v) is 3.71. The van der Waals surface area contributed by atoms with E-state index in [0.29, 0.717) is 5.02 Å². The normalized spacial score (nSPS) is 10.3. The summed E-state index contributed by atoms with van der Waals surface area (Å²) >= 11 is 6.04. The van der Waals surface area contributed by atoms with Crippen molar-refractivity contribution >= 4 is 41.2 Å². The largest absolute Gasteiger partial charge is 0.325 e. The number of pyridine rings is 1. The molecular weight excluding hydrogens is 321 g/mol. The maximum atomic E-state index is 12.1. The first-order chi connectivity index (χ1) is 10.1. The molecule has 0 saturated heterocycles. The number of amides is 1.